The molecule has 0 spiro atoms. The summed E-state index contributed by atoms with van der Waals surface area (Å²) in [4.78, 5) is 10.7. The van der Waals surface area contributed by atoms with E-state index in [-0.39, 0.29) is 0 Å². The molecule has 0 unspecified atom stereocenters. The first kappa shape index (κ1) is 24.5. The van der Waals surface area contributed by atoms with Crippen molar-refractivity contribution >= 4 is 42.6 Å². The minimum atomic E-state index is 0.626. The Morgan fingerprint density at radius 3 is 1.58 bits per heavy atom. The van der Waals surface area contributed by atoms with Crippen molar-refractivity contribution in [1.82, 2.24) is 0 Å². The van der Waals surface area contributed by atoms with Gasteiger partial charge in [0.2, 0.25) is 0 Å². The lowest BCUT2D eigenvalue weighted by molar-refractivity contribution is -0.432. The summed E-state index contributed by atoms with van der Waals surface area (Å²) in [6, 6.07) is 23.8. The van der Waals surface area contributed by atoms with E-state index in [0.29, 0.717) is 12.2 Å². The van der Waals surface area contributed by atoms with Gasteiger partial charge >= 0.3 is 0 Å². The summed E-state index contributed by atoms with van der Waals surface area (Å²) < 4.78 is 10.1. The molecule has 3 aromatic rings. The van der Waals surface area contributed by atoms with E-state index in [1.807, 2.05) is 54.6 Å². The second-order valence-electron chi connectivity index (χ2n) is 7.21. The smallest absolute Gasteiger partial charge is 0.150 e. The third-order valence-electron chi connectivity index (χ3n) is 4.79. The lowest BCUT2D eigenvalue weighted by Crippen LogP contribution is -1.98. The Morgan fingerprint density at radius 2 is 1.12 bits per heavy atom. The predicted molar refractivity (Wildman–Crippen MR) is 135 cm³/mol. The number of unbranched alkanes of at least 4 members (excludes halogenated alkanes) is 1. The van der Waals surface area contributed by atoms with Crippen LogP contribution in [0.25, 0.3) is 24.3 Å². The Hall–Kier alpha value is -3.16. The van der Waals surface area contributed by atoms with Gasteiger partial charge in [-0.1, -0.05) is 90.0 Å². The topological polar surface area (TPSA) is 65.0 Å². The summed E-state index contributed by atoms with van der Waals surface area (Å²) in [6.45, 7) is 0.626. The number of aldehydes is 1. The third kappa shape index (κ3) is 9.08. The number of hydrogen-bond donors (Lipinski definition) is 1. The fraction of sp³-hybridized carbons (Fsp3) is 0.148. The summed E-state index contributed by atoms with van der Waals surface area (Å²) in [7, 11) is 0. The van der Waals surface area contributed by atoms with Gasteiger partial charge in [0, 0.05) is 23.4 Å². The molecule has 0 saturated heterocycles. The molecular weight excluding hydrogens is 436 g/mol. The summed E-state index contributed by atoms with van der Waals surface area (Å²) >= 11 is 1.06. The Balaban J connectivity index is 1.44. The van der Waals surface area contributed by atoms with Crippen LogP contribution in [0.5, 0.6) is 5.75 Å². The third-order valence-corrected chi connectivity index (χ3v) is 5.41. The molecule has 5 nitrogen and oxygen atoms in total. The molecule has 0 atom stereocenters. The summed E-state index contributed by atoms with van der Waals surface area (Å²) in [5.74, 6) is 1.56. The maximum atomic E-state index is 10.7. The highest BCUT2D eigenvalue weighted by molar-refractivity contribution is 7.94. The molecule has 0 bridgehead atoms. The fourth-order valence-corrected chi connectivity index (χ4v) is 3.41. The van der Waals surface area contributed by atoms with Crippen molar-refractivity contribution in [3.05, 3.63) is 101 Å². The number of rotatable bonds is 13. The highest BCUT2D eigenvalue weighted by Crippen LogP contribution is 2.16. The average molecular weight is 463 g/mol. The van der Waals surface area contributed by atoms with E-state index in [2.05, 4.69) is 51.9 Å². The van der Waals surface area contributed by atoms with Crippen molar-refractivity contribution in [2.75, 3.05) is 12.4 Å². The van der Waals surface area contributed by atoms with E-state index >= 15 is 0 Å². The van der Waals surface area contributed by atoms with Gasteiger partial charge in [-0.25, -0.2) is 5.26 Å². The highest BCUT2D eigenvalue weighted by Gasteiger charge is 1.96. The molecule has 3 rings (SSSR count). The van der Waals surface area contributed by atoms with Gasteiger partial charge in [-0.05, 0) is 47.2 Å². The second-order valence-corrected chi connectivity index (χ2v) is 7.99. The van der Waals surface area contributed by atoms with Gasteiger partial charge in [0.1, 0.15) is 12.0 Å². The van der Waals surface area contributed by atoms with Crippen molar-refractivity contribution in [2.45, 2.75) is 12.8 Å². The predicted octanol–water partition coefficient (Wildman–Crippen LogP) is 7.07. The number of carbonyl (C=O) groups excluding carboxylic acids is 1. The first-order valence-electron chi connectivity index (χ1n) is 10.6. The largest absolute Gasteiger partial charge is 0.494 e. The molecule has 0 amide bonds. The van der Waals surface area contributed by atoms with Crippen molar-refractivity contribution in [2.24, 2.45) is 0 Å². The Kier molecular flexibility index (Phi) is 10.4. The minimum Gasteiger partial charge on any atom is -0.494 e. The van der Waals surface area contributed by atoms with Gasteiger partial charge < -0.3 is 4.74 Å². The van der Waals surface area contributed by atoms with Crippen LogP contribution < -0.4 is 4.74 Å². The van der Waals surface area contributed by atoms with E-state index in [1.54, 1.807) is 0 Å². The van der Waals surface area contributed by atoms with Crippen molar-refractivity contribution < 1.29 is 24.2 Å². The zero-order valence-corrected chi connectivity index (χ0v) is 18.9. The van der Waals surface area contributed by atoms with Gasteiger partial charge in [-0.15, -0.1) is 4.33 Å². The molecular formula is C27H26O5S. The van der Waals surface area contributed by atoms with Gasteiger partial charge in [-0.3, -0.25) is 4.79 Å². The van der Waals surface area contributed by atoms with Gasteiger partial charge in [-0.2, -0.15) is 0 Å². The molecule has 0 aliphatic rings. The molecule has 0 aliphatic carbocycles. The highest BCUT2D eigenvalue weighted by atomic mass is 32.2. The molecule has 3 aromatic carbocycles. The van der Waals surface area contributed by atoms with E-state index in [0.717, 1.165) is 64.9 Å². The van der Waals surface area contributed by atoms with E-state index in [4.69, 9.17) is 9.99 Å². The summed E-state index contributed by atoms with van der Waals surface area (Å²) in [6.07, 6.45) is 10.9. The van der Waals surface area contributed by atoms with Gasteiger partial charge in [0.05, 0.1) is 6.61 Å². The van der Waals surface area contributed by atoms with Crippen LogP contribution in [0.15, 0.2) is 72.8 Å². The lowest BCUT2D eigenvalue weighted by Gasteiger charge is -2.06. The van der Waals surface area contributed by atoms with Gasteiger partial charge in [0.25, 0.3) is 0 Å². The van der Waals surface area contributed by atoms with Crippen LogP contribution in [0.3, 0.4) is 0 Å². The standard InChI is InChI=1S/C27H26O5S/c28-21-26-13-11-24(12-14-26)8-7-22-3-5-23(6-4-22)9-10-25-15-17-27(18-16-25)30-19-1-2-20-33-32-31-29/h3-18,21,29H,1-2,19-20H2/b8-7+,10-9+. The monoisotopic (exact) mass is 462 g/mol. The number of carbonyl (C=O) groups is 1. The molecule has 0 aromatic heterocycles. The Morgan fingerprint density at radius 1 is 0.667 bits per heavy atom. The molecule has 33 heavy (non-hydrogen) atoms. The second kappa shape index (κ2) is 14.1. The average Bonchev–Trinajstić information content (AvgIpc) is 2.87. The fourth-order valence-electron chi connectivity index (χ4n) is 2.97. The van der Waals surface area contributed by atoms with Crippen LogP contribution in [0.1, 0.15) is 45.5 Å². The van der Waals surface area contributed by atoms with Crippen LogP contribution in [0.2, 0.25) is 0 Å². The molecule has 0 saturated carbocycles. The molecule has 170 valence electrons. The van der Waals surface area contributed by atoms with Crippen LogP contribution in [0, 0.1) is 0 Å². The van der Waals surface area contributed by atoms with Crippen LogP contribution >= 0.6 is 12.0 Å². The lowest BCUT2D eigenvalue weighted by atomic mass is 10.1. The zero-order valence-electron chi connectivity index (χ0n) is 18.1. The zero-order chi connectivity index (χ0) is 23.1. The van der Waals surface area contributed by atoms with Crippen LogP contribution in [-0.4, -0.2) is 23.9 Å². The number of hydrogen-bond acceptors (Lipinski definition) is 6. The number of benzene rings is 3. The van der Waals surface area contributed by atoms with Gasteiger partial charge in [0.15, 0.2) is 0 Å². The first-order chi connectivity index (χ1) is 16.3. The van der Waals surface area contributed by atoms with Crippen molar-refractivity contribution in [3.63, 3.8) is 0 Å². The van der Waals surface area contributed by atoms with E-state index in [1.165, 1.54) is 0 Å². The number of ether oxygens (including phenoxy) is 1. The van der Waals surface area contributed by atoms with Crippen molar-refractivity contribution in [3.8, 4) is 5.75 Å². The van der Waals surface area contributed by atoms with Crippen molar-refractivity contribution in [1.29, 1.82) is 0 Å². The minimum absolute atomic E-state index is 0.626. The summed E-state index contributed by atoms with van der Waals surface area (Å²) in [5.41, 5.74) is 5.07. The molecule has 0 heterocycles. The summed E-state index contributed by atoms with van der Waals surface area (Å²) in [5, 5.41) is 11.6. The Labute approximate surface area is 198 Å². The molecule has 0 aliphatic heterocycles. The normalized spacial score (nSPS) is 11.3. The molecule has 1 N–H and O–H groups in total. The molecule has 0 fully saturated rings. The van der Waals surface area contributed by atoms with E-state index < -0.39 is 0 Å². The quantitative estimate of drug-likeness (QED) is 0.0732. The molecule has 0 radical (unpaired) electrons. The maximum absolute atomic E-state index is 10.7. The first-order valence-corrected chi connectivity index (χ1v) is 11.5. The van der Waals surface area contributed by atoms with Crippen LogP contribution in [-0.2, 0) is 9.37 Å². The van der Waals surface area contributed by atoms with E-state index in [9.17, 15) is 4.79 Å². The van der Waals surface area contributed by atoms with Crippen LogP contribution in [0.4, 0.5) is 0 Å². The Bertz CT molecular complexity index is 1030. The SMILES string of the molecule is O=Cc1ccc(/C=C/c2ccc(/C=C/c3ccc(OCCCCSOOO)cc3)cc2)cc1. The molecule has 6 heteroatoms. The maximum Gasteiger partial charge on any atom is 0.150 e.